The van der Waals surface area contributed by atoms with Gasteiger partial charge in [0, 0.05) is 0 Å². The van der Waals surface area contributed by atoms with E-state index in [4.69, 9.17) is 0 Å². The Balaban J connectivity index is 0. The third-order valence-electron chi connectivity index (χ3n) is 0. The van der Waals surface area contributed by atoms with Gasteiger partial charge in [0.15, 0.2) is 17.4 Å². The largest absolute Gasteiger partial charge is 2.00 e. The van der Waals surface area contributed by atoms with Crippen molar-refractivity contribution in [1.29, 1.82) is 0 Å². The van der Waals surface area contributed by atoms with E-state index in [0.29, 0.717) is 0 Å². The maximum atomic E-state index is 0. The summed E-state index contributed by atoms with van der Waals surface area (Å²) in [6, 6.07) is 0. The van der Waals surface area contributed by atoms with Gasteiger partial charge in [0.05, 0.1) is 0 Å². The van der Waals surface area contributed by atoms with Crippen LogP contribution in [0.4, 0.5) is 0 Å². The Kier molecular flexibility index (Phi) is 226. The summed E-state index contributed by atoms with van der Waals surface area (Å²) in [4.78, 5) is 0. The molecule has 0 saturated carbocycles. The average Bonchev–Trinajstić information content (AvgIpc) is 0. The Hall–Kier alpha value is 5.29. The van der Waals surface area contributed by atoms with Crippen molar-refractivity contribution in [3.63, 3.8) is 0 Å². The van der Waals surface area contributed by atoms with E-state index in [9.17, 15) is 0 Å². The van der Waals surface area contributed by atoms with Crippen LogP contribution in [0.1, 0.15) is 11.4 Å². The van der Waals surface area contributed by atoms with E-state index < -0.39 is 0 Å². The van der Waals surface area contributed by atoms with E-state index >= 15 is 0 Å². The Morgan fingerprint density at radius 1 is 0.833 bits per heavy atom. The summed E-state index contributed by atoms with van der Waals surface area (Å²) in [7, 11) is 0. The molecule has 0 spiro atoms. The van der Waals surface area contributed by atoms with E-state index in [1.165, 1.54) is 0 Å². The van der Waals surface area contributed by atoms with Crippen molar-refractivity contribution < 1.29 is 11.4 Å². The Bertz CT molecular complexity index is 24.5. The molecule has 0 saturated heterocycles. The van der Waals surface area contributed by atoms with Crippen LogP contribution in [0.5, 0.6) is 0 Å². The Morgan fingerprint density at radius 2 is 0.833 bits per heavy atom. The van der Waals surface area contributed by atoms with Crippen LogP contribution in [0.15, 0.2) is 0 Å². The summed E-state index contributed by atoms with van der Waals surface area (Å²) in [6.07, 6.45) is 0. The quantitative estimate of drug-likeness (QED) is 0.372. The molecule has 0 aliphatic rings. The standard InChI is InChI=1S/Al.3Ca.Mg.H4Si.11H/h;;;;;1H4;;;;;;;;;;;/q;4*+2;;;;;8*-1. The second kappa shape index (κ2) is 31.7. The first-order valence-electron chi connectivity index (χ1n) is 0. The first kappa shape index (κ1) is 42.7. The topological polar surface area (TPSA) is 0 Å². The predicted molar refractivity (Wildman–Crippen MR) is 53.2 cm³/mol. The molecule has 0 aromatic carbocycles. The van der Waals surface area contributed by atoms with Crippen LogP contribution >= 0.6 is 0 Å². The van der Waals surface area contributed by atoms with Gasteiger partial charge in [-0.2, -0.15) is 0 Å². The zero-order valence-corrected chi connectivity index (χ0v) is 10.9. The third-order valence-corrected chi connectivity index (χ3v) is 0. The second-order valence-corrected chi connectivity index (χ2v) is 0. The summed E-state index contributed by atoms with van der Waals surface area (Å²) >= 11 is 0. The molecule has 0 bridgehead atoms. The van der Waals surface area contributed by atoms with E-state index in [-0.39, 0.29) is 176 Å². The normalized spacial score (nSPS) is 0. The zero-order valence-electron chi connectivity index (χ0n) is 10.8. The van der Waals surface area contributed by atoms with Crippen LogP contribution in [-0.2, 0) is 0 Å². The van der Waals surface area contributed by atoms with Crippen LogP contribution in [0.2, 0.25) is 0 Å². The maximum absolute atomic E-state index is 0. The smallest absolute Gasteiger partial charge is 1.00 e. The van der Waals surface area contributed by atoms with Crippen molar-refractivity contribution in [2.75, 3.05) is 0 Å². The Labute approximate surface area is 172 Å². The minimum Gasteiger partial charge on any atom is -1.00 e. The minimum absolute atomic E-state index is 0. The third kappa shape index (κ3) is 22.8. The van der Waals surface area contributed by atoms with Crippen LogP contribution in [-0.4, -0.2) is 165 Å². The van der Waals surface area contributed by atoms with E-state index in [1.54, 1.807) is 0 Å². The van der Waals surface area contributed by atoms with Gasteiger partial charge in [-0.1, -0.05) is 0 Å². The van der Waals surface area contributed by atoms with Crippen LogP contribution in [0, 0.1) is 0 Å². The summed E-state index contributed by atoms with van der Waals surface area (Å²) in [5.41, 5.74) is 0. The van der Waals surface area contributed by atoms with Gasteiger partial charge < -0.3 is 11.4 Å². The molecule has 0 heterocycles. The molecular weight excluding hydrogens is 200 g/mol. The van der Waals surface area contributed by atoms with Crippen molar-refractivity contribution in [3.8, 4) is 0 Å². The van der Waals surface area contributed by atoms with Gasteiger partial charge in [-0.15, -0.1) is 0 Å². The van der Waals surface area contributed by atoms with Crippen molar-refractivity contribution in [1.82, 2.24) is 0 Å². The van der Waals surface area contributed by atoms with E-state index in [1.807, 2.05) is 0 Å². The molecule has 0 aliphatic carbocycles. The SMILES string of the molecule is [AlH3].[Ca+2].[Ca+2].[Ca+2].[H-].[H-].[H-].[H-].[H-].[H-].[H-].[H-].[Mg+2].[SiH4]. The van der Waals surface area contributed by atoms with Crippen LogP contribution in [0.25, 0.3) is 0 Å². The summed E-state index contributed by atoms with van der Waals surface area (Å²) in [5, 5.41) is 0. The minimum atomic E-state index is 0. The molecule has 6 heavy (non-hydrogen) atoms. The molecule has 0 unspecified atom stereocenters. The summed E-state index contributed by atoms with van der Waals surface area (Å²) in [6.45, 7) is 0. The van der Waals surface area contributed by atoms with Gasteiger partial charge in [0.1, 0.15) is 0 Å². The van der Waals surface area contributed by atoms with Gasteiger partial charge in [-0.05, 0) is 11.0 Å². The fourth-order valence-electron chi connectivity index (χ4n) is 0. The molecule has 0 atom stereocenters. The zero-order chi connectivity index (χ0) is 0. The number of hydrogen-bond donors (Lipinski definition) is 0. The van der Waals surface area contributed by atoms with Crippen LogP contribution < -0.4 is 0 Å². The molecule has 0 N–H and O–H groups in total. The van der Waals surface area contributed by atoms with Gasteiger partial charge in [0.25, 0.3) is 0 Å². The Morgan fingerprint density at radius 3 is 0.833 bits per heavy atom. The van der Waals surface area contributed by atoms with Gasteiger partial charge >= 0.3 is 136 Å². The van der Waals surface area contributed by atoms with E-state index in [2.05, 4.69) is 0 Å². The monoisotopic (exact) mass is 214 g/mol. The molecule has 0 aliphatic heterocycles. The molecular formula is H15AlCa3MgSi. The summed E-state index contributed by atoms with van der Waals surface area (Å²) < 4.78 is 0. The summed E-state index contributed by atoms with van der Waals surface area (Å²) in [5.74, 6) is 0. The van der Waals surface area contributed by atoms with Crippen molar-refractivity contribution in [2.45, 2.75) is 0 Å². The number of rotatable bonds is 0. The molecule has 0 nitrogen and oxygen atoms in total. The average molecular weight is 215 g/mol. The molecule has 6 heteroatoms. The van der Waals surface area contributed by atoms with Gasteiger partial charge in [0.2, 0.25) is 0 Å². The van der Waals surface area contributed by atoms with Crippen LogP contribution in [0.3, 0.4) is 0 Å². The fraction of sp³-hybridized carbons (Fsp3) is 0. The maximum Gasteiger partial charge on any atom is 2.00 e. The molecule has 0 aromatic heterocycles. The van der Waals surface area contributed by atoms with E-state index in [0.717, 1.165) is 0 Å². The molecule has 0 fully saturated rings. The fourth-order valence-corrected chi connectivity index (χ4v) is 0. The van der Waals surface area contributed by atoms with Gasteiger partial charge in [-0.3, -0.25) is 0 Å². The molecule has 0 aromatic rings. The van der Waals surface area contributed by atoms with Crippen molar-refractivity contribution in [3.05, 3.63) is 0 Å². The first-order valence-corrected chi connectivity index (χ1v) is 0. The predicted octanol–water partition coefficient (Wildman–Crippen LogP) is -3.26. The first-order chi connectivity index (χ1) is 0. The van der Waals surface area contributed by atoms with Gasteiger partial charge in [-0.25, -0.2) is 0 Å². The molecule has 30 valence electrons. The molecule has 0 amide bonds. The second-order valence-electron chi connectivity index (χ2n) is 0. The van der Waals surface area contributed by atoms with Crippen molar-refractivity contribution >= 4 is 165 Å². The van der Waals surface area contributed by atoms with Crippen molar-refractivity contribution in [2.24, 2.45) is 0 Å². The molecule has 0 radical (unpaired) electrons. The molecule has 0 rings (SSSR count). The number of hydrogen-bond acceptors (Lipinski definition) is 0.